The van der Waals surface area contributed by atoms with E-state index in [9.17, 15) is 4.79 Å². The molecule has 1 heterocycles. The molecule has 0 bridgehead atoms. The number of hydrogen-bond donors (Lipinski definition) is 3. The van der Waals surface area contributed by atoms with Crippen LogP contribution in [0.4, 0.5) is 0 Å². The van der Waals surface area contributed by atoms with Crippen LogP contribution in [0.5, 0.6) is 0 Å². The van der Waals surface area contributed by atoms with Crippen molar-refractivity contribution in [2.75, 3.05) is 5.33 Å². The van der Waals surface area contributed by atoms with Gasteiger partial charge in [-0.15, -0.1) is 0 Å². The van der Waals surface area contributed by atoms with Crippen molar-refractivity contribution in [2.45, 2.75) is 12.2 Å². The molecule has 1 aliphatic heterocycles. The lowest BCUT2D eigenvalue weighted by Gasteiger charge is -2.13. The zero-order valence-electron chi connectivity index (χ0n) is 5.90. The molecule has 12 heavy (non-hydrogen) atoms. The Kier molecular flexibility index (Phi) is 2.58. The van der Waals surface area contributed by atoms with E-state index in [0.29, 0.717) is 0 Å². The van der Waals surface area contributed by atoms with Crippen LogP contribution in [-0.4, -0.2) is 38.8 Å². The summed E-state index contributed by atoms with van der Waals surface area (Å²) >= 11 is 2.94. The maximum absolute atomic E-state index is 10.6. The molecule has 0 saturated heterocycles. The Morgan fingerprint density at radius 2 is 2.17 bits per heavy atom. The Morgan fingerprint density at radius 3 is 2.50 bits per heavy atom. The lowest BCUT2D eigenvalue weighted by Crippen LogP contribution is -2.29. The molecule has 0 unspecified atom stereocenters. The molecule has 3 N–H and O–H groups in total. The van der Waals surface area contributed by atoms with Crippen LogP contribution in [0.3, 0.4) is 0 Å². The SMILES string of the molecule is O=C1O[C@H]([C@H](O)CBr)C(O)=C1O. The molecule has 2 atom stereocenters. The molecule has 0 amide bonds. The first-order valence-electron chi connectivity index (χ1n) is 3.15. The normalized spacial score (nSPS) is 25.8. The summed E-state index contributed by atoms with van der Waals surface area (Å²) in [5.41, 5.74) is 0. The molecule has 0 saturated carbocycles. The van der Waals surface area contributed by atoms with Gasteiger partial charge in [0.05, 0.1) is 0 Å². The van der Waals surface area contributed by atoms with E-state index in [4.69, 9.17) is 15.3 Å². The van der Waals surface area contributed by atoms with Gasteiger partial charge in [-0.3, -0.25) is 0 Å². The van der Waals surface area contributed by atoms with Gasteiger partial charge in [0.15, 0.2) is 11.9 Å². The fraction of sp³-hybridized carbons (Fsp3) is 0.500. The van der Waals surface area contributed by atoms with Crippen molar-refractivity contribution < 1.29 is 24.9 Å². The minimum absolute atomic E-state index is 0.141. The van der Waals surface area contributed by atoms with E-state index >= 15 is 0 Å². The highest BCUT2D eigenvalue weighted by molar-refractivity contribution is 9.09. The first-order valence-corrected chi connectivity index (χ1v) is 4.27. The Labute approximate surface area is 76.4 Å². The fourth-order valence-electron chi connectivity index (χ4n) is 0.808. The summed E-state index contributed by atoms with van der Waals surface area (Å²) in [5.74, 6) is -2.47. The average molecular weight is 239 g/mol. The molecular weight excluding hydrogens is 232 g/mol. The van der Waals surface area contributed by atoms with Crippen LogP contribution in [0.2, 0.25) is 0 Å². The average Bonchev–Trinajstić information content (AvgIpc) is 2.32. The Hall–Kier alpha value is -0.750. The maximum Gasteiger partial charge on any atom is 0.377 e. The lowest BCUT2D eigenvalue weighted by atomic mass is 10.2. The van der Waals surface area contributed by atoms with Crippen molar-refractivity contribution in [3.8, 4) is 0 Å². The topological polar surface area (TPSA) is 87.0 Å². The third kappa shape index (κ3) is 1.39. The number of rotatable bonds is 2. The molecule has 0 aromatic heterocycles. The second-order valence-corrected chi connectivity index (χ2v) is 2.93. The monoisotopic (exact) mass is 238 g/mol. The number of aliphatic hydroxyl groups excluding tert-OH is 3. The van der Waals surface area contributed by atoms with E-state index in [0.717, 1.165) is 0 Å². The summed E-state index contributed by atoms with van der Waals surface area (Å²) < 4.78 is 4.45. The van der Waals surface area contributed by atoms with Crippen LogP contribution >= 0.6 is 15.9 Å². The molecule has 5 nitrogen and oxygen atoms in total. The van der Waals surface area contributed by atoms with Crippen molar-refractivity contribution in [1.29, 1.82) is 0 Å². The van der Waals surface area contributed by atoms with Gasteiger partial charge in [0, 0.05) is 5.33 Å². The number of carbonyl (C=O) groups is 1. The molecular formula is C6H7BrO5. The minimum Gasteiger partial charge on any atom is -0.505 e. The van der Waals surface area contributed by atoms with E-state index in [1.807, 2.05) is 0 Å². The van der Waals surface area contributed by atoms with E-state index in [1.165, 1.54) is 0 Å². The van der Waals surface area contributed by atoms with Gasteiger partial charge < -0.3 is 20.1 Å². The minimum atomic E-state index is -1.16. The van der Waals surface area contributed by atoms with Crippen LogP contribution < -0.4 is 0 Å². The Balaban J connectivity index is 2.80. The number of alkyl halides is 1. The number of carbonyl (C=O) groups excluding carboxylic acids is 1. The zero-order chi connectivity index (χ0) is 9.30. The Morgan fingerprint density at radius 1 is 1.58 bits per heavy atom. The van der Waals surface area contributed by atoms with Crippen LogP contribution in [-0.2, 0) is 9.53 Å². The zero-order valence-corrected chi connectivity index (χ0v) is 7.48. The lowest BCUT2D eigenvalue weighted by molar-refractivity contribution is -0.146. The van der Waals surface area contributed by atoms with Gasteiger partial charge in [0.25, 0.3) is 0 Å². The largest absolute Gasteiger partial charge is 0.505 e. The third-order valence-corrected chi connectivity index (χ3v) is 2.11. The van der Waals surface area contributed by atoms with Crippen LogP contribution in [0.25, 0.3) is 0 Å². The number of halogens is 1. The van der Waals surface area contributed by atoms with Gasteiger partial charge in [-0.2, -0.15) is 0 Å². The van der Waals surface area contributed by atoms with Gasteiger partial charge >= 0.3 is 5.97 Å². The molecule has 0 aromatic rings. The molecule has 0 radical (unpaired) electrons. The van der Waals surface area contributed by atoms with Gasteiger partial charge in [0.2, 0.25) is 5.76 Å². The number of ether oxygens (including phenoxy) is 1. The maximum atomic E-state index is 10.6. The van der Waals surface area contributed by atoms with Gasteiger partial charge in [-0.1, -0.05) is 15.9 Å². The summed E-state index contributed by atoms with van der Waals surface area (Å²) in [7, 11) is 0. The first-order chi connectivity index (χ1) is 5.57. The highest BCUT2D eigenvalue weighted by Crippen LogP contribution is 2.21. The molecule has 0 aromatic carbocycles. The summed E-state index contributed by atoms with van der Waals surface area (Å²) in [5, 5.41) is 27.1. The molecule has 0 aliphatic carbocycles. The van der Waals surface area contributed by atoms with E-state index in [-0.39, 0.29) is 5.33 Å². The number of cyclic esters (lactones) is 1. The molecule has 1 aliphatic rings. The van der Waals surface area contributed by atoms with Crippen molar-refractivity contribution in [2.24, 2.45) is 0 Å². The van der Waals surface area contributed by atoms with Gasteiger partial charge in [-0.25, -0.2) is 4.79 Å². The van der Waals surface area contributed by atoms with Crippen LogP contribution in [0.1, 0.15) is 0 Å². The van der Waals surface area contributed by atoms with Gasteiger partial charge in [0.1, 0.15) is 6.10 Å². The quantitative estimate of drug-likeness (QED) is 0.466. The van der Waals surface area contributed by atoms with E-state index < -0.39 is 29.7 Å². The number of esters is 1. The van der Waals surface area contributed by atoms with Crippen LogP contribution in [0, 0.1) is 0 Å². The predicted octanol–water partition coefficient (Wildman–Crippen LogP) is -0.00480. The molecule has 6 heteroatoms. The highest BCUT2D eigenvalue weighted by Gasteiger charge is 2.38. The van der Waals surface area contributed by atoms with Crippen molar-refractivity contribution in [1.82, 2.24) is 0 Å². The van der Waals surface area contributed by atoms with Crippen LogP contribution in [0.15, 0.2) is 11.5 Å². The Bertz CT molecular complexity index is 236. The summed E-state index contributed by atoms with van der Waals surface area (Å²) in [6.07, 6.45) is -2.21. The fourth-order valence-corrected chi connectivity index (χ4v) is 1.15. The second kappa shape index (κ2) is 3.32. The van der Waals surface area contributed by atoms with Crippen molar-refractivity contribution in [3.63, 3.8) is 0 Å². The first kappa shape index (κ1) is 9.34. The summed E-state index contributed by atoms with van der Waals surface area (Å²) in [6.45, 7) is 0. The summed E-state index contributed by atoms with van der Waals surface area (Å²) in [4.78, 5) is 10.6. The molecule has 0 fully saturated rings. The number of aliphatic hydroxyl groups is 3. The van der Waals surface area contributed by atoms with Crippen molar-refractivity contribution in [3.05, 3.63) is 11.5 Å². The molecule has 1 rings (SSSR count). The van der Waals surface area contributed by atoms with E-state index in [2.05, 4.69) is 20.7 Å². The molecule has 68 valence electrons. The summed E-state index contributed by atoms with van der Waals surface area (Å²) in [6, 6.07) is 0. The number of hydrogen-bond acceptors (Lipinski definition) is 5. The third-order valence-electron chi connectivity index (χ3n) is 1.45. The highest BCUT2D eigenvalue weighted by atomic mass is 79.9. The smallest absolute Gasteiger partial charge is 0.377 e. The van der Waals surface area contributed by atoms with Gasteiger partial charge in [-0.05, 0) is 0 Å². The molecule has 0 spiro atoms. The van der Waals surface area contributed by atoms with E-state index in [1.54, 1.807) is 0 Å². The second-order valence-electron chi connectivity index (χ2n) is 2.28. The standard InChI is InChI=1S/C6H7BrO5/c7-1-2(8)5-3(9)4(10)6(11)12-5/h2,5,8-10H,1H2/t2-,5-/m1/s1. The predicted molar refractivity (Wildman–Crippen MR) is 42.0 cm³/mol. The van der Waals surface area contributed by atoms with Crippen molar-refractivity contribution >= 4 is 21.9 Å².